The fourth-order valence-corrected chi connectivity index (χ4v) is 2.47. The Bertz CT molecular complexity index is 402. The number of benzene rings is 1. The molecule has 1 aromatic rings. The molecule has 0 spiro atoms. The van der Waals surface area contributed by atoms with Gasteiger partial charge in [0.05, 0.1) is 0 Å². The van der Waals surface area contributed by atoms with Gasteiger partial charge in [-0.2, -0.15) is 0 Å². The fraction of sp³-hybridized carbons (Fsp3) is 0.562. The van der Waals surface area contributed by atoms with Gasteiger partial charge in [0, 0.05) is 12.6 Å². The number of hydrogen-bond donors (Lipinski definition) is 1. The Kier molecular flexibility index (Phi) is 5.87. The molecule has 0 bridgehead atoms. The average Bonchev–Trinajstić information content (AvgIpc) is 2.52. The molecule has 1 saturated heterocycles. The Morgan fingerprint density at radius 1 is 1.25 bits per heavy atom. The highest BCUT2D eigenvalue weighted by Crippen LogP contribution is 2.11. The Balaban J connectivity index is 1.64. The number of amides is 1. The van der Waals surface area contributed by atoms with Crippen LogP contribution < -0.4 is 10.1 Å². The molecule has 2 rings (SSSR count). The van der Waals surface area contributed by atoms with Crippen LogP contribution in [0, 0.1) is 0 Å². The summed E-state index contributed by atoms with van der Waals surface area (Å²) in [4.78, 5) is 14.2. The minimum atomic E-state index is -0.0577. The first-order valence-corrected chi connectivity index (χ1v) is 7.44. The van der Waals surface area contributed by atoms with E-state index in [0.717, 1.165) is 18.8 Å². The van der Waals surface area contributed by atoms with E-state index in [4.69, 9.17) is 4.74 Å². The molecule has 0 radical (unpaired) electrons. The van der Waals surface area contributed by atoms with E-state index in [0.29, 0.717) is 12.6 Å². The van der Waals surface area contributed by atoms with Crippen molar-refractivity contribution in [2.24, 2.45) is 0 Å². The first-order chi connectivity index (χ1) is 9.75. The number of nitrogens with zero attached hydrogens (tertiary/aromatic N) is 1. The number of para-hydroxylation sites is 1. The van der Waals surface area contributed by atoms with Gasteiger partial charge < -0.3 is 10.1 Å². The molecule has 1 atom stereocenters. The largest absolute Gasteiger partial charge is 0.484 e. The van der Waals surface area contributed by atoms with Gasteiger partial charge in [-0.05, 0) is 45.0 Å². The van der Waals surface area contributed by atoms with Crippen LogP contribution in [0.5, 0.6) is 5.75 Å². The zero-order chi connectivity index (χ0) is 14.2. The lowest BCUT2D eigenvalue weighted by molar-refractivity contribution is -0.123. The van der Waals surface area contributed by atoms with Gasteiger partial charge in [-0.1, -0.05) is 24.6 Å². The zero-order valence-electron chi connectivity index (χ0n) is 12.2. The molecule has 1 fully saturated rings. The quantitative estimate of drug-likeness (QED) is 0.864. The molecule has 1 heterocycles. The maximum absolute atomic E-state index is 11.7. The van der Waals surface area contributed by atoms with E-state index in [-0.39, 0.29) is 12.5 Å². The minimum absolute atomic E-state index is 0.0577. The molecule has 0 saturated carbocycles. The number of piperidine rings is 1. The Hall–Kier alpha value is -1.55. The van der Waals surface area contributed by atoms with Crippen LogP contribution in [0.1, 0.15) is 26.2 Å². The SMILES string of the molecule is CC(CNC(=O)COc1ccccc1)N1CCCCC1. The number of carbonyl (C=O) groups excluding carboxylic acids is 1. The van der Waals surface area contributed by atoms with Crippen LogP contribution in [0.15, 0.2) is 30.3 Å². The predicted octanol–water partition coefficient (Wildman–Crippen LogP) is 2.06. The van der Waals surface area contributed by atoms with E-state index in [9.17, 15) is 4.79 Å². The highest BCUT2D eigenvalue weighted by atomic mass is 16.5. The van der Waals surface area contributed by atoms with Gasteiger partial charge in [-0.3, -0.25) is 9.69 Å². The molecule has 0 aliphatic carbocycles. The second-order valence-electron chi connectivity index (χ2n) is 5.35. The van der Waals surface area contributed by atoms with Crippen molar-refractivity contribution in [2.75, 3.05) is 26.2 Å². The first-order valence-electron chi connectivity index (χ1n) is 7.44. The van der Waals surface area contributed by atoms with E-state index in [1.165, 1.54) is 19.3 Å². The lowest BCUT2D eigenvalue weighted by atomic mass is 10.1. The van der Waals surface area contributed by atoms with E-state index >= 15 is 0 Å². The second-order valence-corrected chi connectivity index (χ2v) is 5.35. The van der Waals surface area contributed by atoms with Crippen molar-refractivity contribution in [2.45, 2.75) is 32.2 Å². The first kappa shape index (κ1) is 14.9. The van der Waals surface area contributed by atoms with E-state index in [1.807, 2.05) is 30.3 Å². The van der Waals surface area contributed by atoms with Crippen LogP contribution >= 0.6 is 0 Å². The van der Waals surface area contributed by atoms with Crippen molar-refractivity contribution >= 4 is 5.91 Å². The Morgan fingerprint density at radius 2 is 1.95 bits per heavy atom. The summed E-state index contributed by atoms with van der Waals surface area (Å²) in [6.07, 6.45) is 3.88. The van der Waals surface area contributed by atoms with Crippen LogP contribution in [0.25, 0.3) is 0 Å². The maximum atomic E-state index is 11.7. The third-order valence-electron chi connectivity index (χ3n) is 3.72. The molecule has 1 aliphatic heterocycles. The summed E-state index contributed by atoms with van der Waals surface area (Å²) < 4.78 is 5.42. The number of hydrogen-bond acceptors (Lipinski definition) is 3. The lowest BCUT2D eigenvalue weighted by Crippen LogP contribution is -2.45. The summed E-state index contributed by atoms with van der Waals surface area (Å²) >= 11 is 0. The van der Waals surface area contributed by atoms with Gasteiger partial charge in [-0.25, -0.2) is 0 Å². The average molecular weight is 276 g/mol. The molecule has 1 N–H and O–H groups in total. The summed E-state index contributed by atoms with van der Waals surface area (Å²) in [6.45, 7) is 5.24. The molecular formula is C16H24N2O2. The molecule has 1 unspecified atom stereocenters. The highest BCUT2D eigenvalue weighted by Gasteiger charge is 2.17. The standard InChI is InChI=1S/C16H24N2O2/c1-14(18-10-6-3-7-11-18)12-17-16(19)13-20-15-8-4-2-5-9-15/h2,4-5,8-9,14H,3,6-7,10-13H2,1H3,(H,17,19). The smallest absolute Gasteiger partial charge is 0.257 e. The predicted molar refractivity (Wildman–Crippen MR) is 79.8 cm³/mol. The summed E-state index contributed by atoms with van der Waals surface area (Å²) in [5, 5.41) is 2.94. The van der Waals surface area contributed by atoms with E-state index in [1.54, 1.807) is 0 Å². The topological polar surface area (TPSA) is 41.6 Å². The van der Waals surface area contributed by atoms with Crippen molar-refractivity contribution in [1.82, 2.24) is 10.2 Å². The number of carbonyl (C=O) groups is 1. The number of rotatable bonds is 6. The van der Waals surface area contributed by atoms with Crippen molar-refractivity contribution in [3.05, 3.63) is 30.3 Å². The van der Waals surface area contributed by atoms with Gasteiger partial charge in [-0.15, -0.1) is 0 Å². The summed E-state index contributed by atoms with van der Waals surface area (Å²) in [7, 11) is 0. The summed E-state index contributed by atoms with van der Waals surface area (Å²) in [5.74, 6) is 0.671. The molecular weight excluding hydrogens is 252 g/mol. The van der Waals surface area contributed by atoms with Crippen LogP contribution in [-0.4, -0.2) is 43.1 Å². The summed E-state index contributed by atoms with van der Waals surface area (Å²) in [6, 6.07) is 9.81. The molecule has 1 aromatic carbocycles. The summed E-state index contributed by atoms with van der Waals surface area (Å²) in [5.41, 5.74) is 0. The van der Waals surface area contributed by atoms with Crippen molar-refractivity contribution < 1.29 is 9.53 Å². The normalized spacial score (nSPS) is 17.4. The number of ether oxygens (including phenoxy) is 1. The number of nitrogens with one attached hydrogen (secondary N) is 1. The van der Waals surface area contributed by atoms with Crippen molar-refractivity contribution in [3.8, 4) is 5.75 Å². The van der Waals surface area contributed by atoms with Gasteiger partial charge >= 0.3 is 0 Å². The Morgan fingerprint density at radius 3 is 2.65 bits per heavy atom. The molecule has 4 nitrogen and oxygen atoms in total. The van der Waals surface area contributed by atoms with E-state index < -0.39 is 0 Å². The lowest BCUT2D eigenvalue weighted by Gasteiger charge is -2.32. The van der Waals surface area contributed by atoms with Gasteiger partial charge in [0.2, 0.25) is 0 Å². The van der Waals surface area contributed by atoms with Crippen molar-refractivity contribution in [3.63, 3.8) is 0 Å². The molecule has 0 aromatic heterocycles. The molecule has 4 heteroatoms. The number of likely N-dealkylation sites (tertiary alicyclic amines) is 1. The molecule has 1 aliphatic rings. The molecule has 20 heavy (non-hydrogen) atoms. The van der Waals surface area contributed by atoms with Gasteiger partial charge in [0.1, 0.15) is 5.75 Å². The van der Waals surface area contributed by atoms with Gasteiger partial charge in [0.25, 0.3) is 5.91 Å². The van der Waals surface area contributed by atoms with Crippen molar-refractivity contribution in [1.29, 1.82) is 0 Å². The third kappa shape index (κ3) is 4.85. The van der Waals surface area contributed by atoms with Crippen LogP contribution in [0.4, 0.5) is 0 Å². The highest BCUT2D eigenvalue weighted by molar-refractivity contribution is 5.77. The second kappa shape index (κ2) is 7.90. The maximum Gasteiger partial charge on any atom is 0.257 e. The van der Waals surface area contributed by atoms with Crippen LogP contribution in [0.2, 0.25) is 0 Å². The minimum Gasteiger partial charge on any atom is -0.484 e. The molecule has 110 valence electrons. The molecule has 1 amide bonds. The van der Waals surface area contributed by atoms with Gasteiger partial charge in [0.15, 0.2) is 6.61 Å². The van der Waals surface area contributed by atoms with Crippen LogP contribution in [0.3, 0.4) is 0 Å². The monoisotopic (exact) mass is 276 g/mol. The third-order valence-corrected chi connectivity index (χ3v) is 3.72. The zero-order valence-corrected chi connectivity index (χ0v) is 12.2. The fourth-order valence-electron chi connectivity index (χ4n) is 2.47. The van der Waals surface area contributed by atoms with Crippen LogP contribution in [-0.2, 0) is 4.79 Å². The van der Waals surface area contributed by atoms with E-state index in [2.05, 4.69) is 17.1 Å². The Labute approximate surface area is 121 Å².